The molecule has 2 rings (SSSR count). The Morgan fingerprint density at radius 1 is 1.20 bits per heavy atom. The molecule has 1 unspecified atom stereocenters. The fourth-order valence-corrected chi connectivity index (χ4v) is 2.47. The van der Waals surface area contributed by atoms with Crippen molar-refractivity contribution in [1.29, 1.82) is 0 Å². The van der Waals surface area contributed by atoms with Gasteiger partial charge in [0, 0.05) is 0 Å². The smallest absolute Gasteiger partial charge is 0.314 e. The molecular weight excluding hydrogens is 252 g/mol. The highest BCUT2D eigenvalue weighted by Crippen LogP contribution is 2.34. The molecule has 3 heteroatoms. The first kappa shape index (κ1) is 14.9. The summed E-state index contributed by atoms with van der Waals surface area (Å²) in [4.78, 5) is 11.7. The molecule has 0 amide bonds. The van der Waals surface area contributed by atoms with Gasteiger partial charge in [-0.1, -0.05) is 13.8 Å². The lowest BCUT2D eigenvalue weighted by molar-refractivity contribution is -0.138. The fraction of sp³-hybridized carbons (Fsp3) is 0.588. The van der Waals surface area contributed by atoms with E-state index in [0.717, 1.165) is 25.0 Å². The van der Waals surface area contributed by atoms with Gasteiger partial charge < -0.3 is 9.47 Å². The van der Waals surface area contributed by atoms with Crippen LogP contribution in [-0.2, 0) is 4.79 Å². The molecule has 1 fully saturated rings. The first-order chi connectivity index (χ1) is 9.52. The van der Waals surface area contributed by atoms with Gasteiger partial charge in [0.15, 0.2) is 0 Å². The standard InChI is InChI=1S/C17H24O3/c1-4-13(2)16(18)19-14-7-9-15(10-8-14)20-17(3)11-5-6-12-17/h7-10,13H,4-6,11-12H2,1-3H3. The van der Waals surface area contributed by atoms with E-state index in [1.807, 2.05) is 26.0 Å². The number of carbonyl (C=O) groups is 1. The molecule has 1 aromatic rings. The number of rotatable bonds is 5. The van der Waals surface area contributed by atoms with Crippen molar-refractivity contribution in [3.8, 4) is 11.5 Å². The number of ether oxygens (including phenoxy) is 2. The van der Waals surface area contributed by atoms with Crippen LogP contribution in [0, 0.1) is 5.92 Å². The third-order valence-electron chi connectivity index (χ3n) is 4.08. The third kappa shape index (κ3) is 3.75. The first-order valence-corrected chi connectivity index (χ1v) is 7.53. The number of benzene rings is 1. The SMILES string of the molecule is CCC(C)C(=O)Oc1ccc(OC2(C)CCCC2)cc1. The summed E-state index contributed by atoms with van der Waals surface area (Å²) in [5, 5.41) is 0. The Balaban J connectivity index is 1.94. The number of hydrogen-bond acceptors (Lipinski definition) is 3. The Morgan fingerprint density at radius 3 is 2.30 bits per heavy atom. The normalized spacial score (nSPS) is 18.6. The highest BCUT2D eigenvalue weighted by atomic mass is 16.5. The highest BCUT2D eigenvalue weighted by molar-refractivity contribution is 5.74. The Hall–Kier alpha value is -1.51. The van der Waals surface area contributed by atoms with Crippen molar-refractivity contribution in [2.75, 3.05) is 0 Å². The molecule has 1 aromatic carbocycles. The molecule has 0 bridgehead atoms. The van der Waals surface area contributed by atoms with E-state index >= 15 is 0 Å². The molecule has 0 radical (unpaired) electrons. The minimum atomic E-state index is -0.177. The molecule has 1 aliphatic rings. The zero-order chi connectivity index (χ0) is 14.6. The second kappa shape index (κ2) is 6.29. The topological polar surface area (TPSA) is 35.5 Å². The predicted octanol–water partition coefficient (Wildman–Crippen LogP) is 4.35. The third-order valence-corrected chi connectivity index (χ3v) is 4.08. The molecule has 0 N–H and O–H groups in total. The highest BCUT2D eigenvalue weighted by Gasteiger charge is 2.30. The Bertz CT molecular complexity index is 444. The minimum Gasteiger partial charge on any atom is -0.488 e. The molecule has 110 valence electrons. The van der Waals surface area contributed by atoms with Crippen LogP contribution < -0.4 is 9.47 Å². The van der Waals surface area contributed by atoms with Gasteiger partial charge in [-0.2, -0.15) is 0 Å². The van der Waals surface area contributed by atoms with Crippen molar-refractivity contribution in [3.63, 3.8) is 0 Å². The predicted molar refractivity (Wildman–Crippen MR) is 79.0 cm³/mol. The van der Waals surface area contributed by atoms with Crippen molar-refractivity contribution in [3.05, 3.63) is 24.3 Å². The van der Waals surface area contributed by atoms with Gasteiger partial charge in [-0.25, -0.2) is 0 Å². The summed E-state index contributed by atoms with van der Waals surface area (Å²) in [5.41, 5.74) is -0.0328. The quantitative estimate of drug-likeness (QED) is 0.592. The van der Waals surface area contributed by atoms with Crippen LogP contribution in [-0.4, -0.2) is 11.6 Å². The summed E-state index contributed by atoms with van der Waals surface area (Å²) in [7, 11) is 0. The van der Waals surface area contributed by atoms with Crippen LogP contribution in [0.2, 0.25) is 0 Å². The summed E-state index contributed by atoms with van der Waals surface area (Å²) < 4.78 is 11.4. The number of esters is 1. The zero-order valence-electron chi connectivity index (χ0n) is 12.6. The maximum absolute atomic E-state index is 11.7. The molecule has 0 heterocycles. The van der Waals surface area contributed by atoms with Gasteiger partial charge >= 0.3 is 5.97 Å². The maximum Gasteiger partial charge on any atom is 0.314 e. The van der Waals surface area contributed by atoms with Gasteiger partial charge in [-0.05, 0) is 63.3 Å². The van der Waals surface area contributed by atoms with E-state index in [2.05, 4.69) is 6.92 Å². The van der Waals surface area contributed by atoms with Gasteiger partial charge in [0.25, 0.3) is 0 Å². The second-order valence-corrected chi connectivity index (χ2v) is 5.96. The van der Waals surface area contributed by atoms with E-state index < -0.39 is 0 Å². The summed E-state index contributed by atoms with van der Waals surface area (Å²) in [5.74, 6) is 1.18. The van der Waals surface area contributed by atoms with E-state index in [4.69, 9.17) is 9.47 Å². The van der Waals surface area contributed by atoms with Crippen LogP contribution in [0.4, 0.5) is 0 Å². The van der Waals surface area contributed by atoms with E-state index in [-0.39, 0.29) is 17.5 Å². The van der Waals surface area contributed by atoms with Crippen molar-refractivity contribution >= 4 is 5.97 Å². The molecule has 0 saturated heterocycles. The molecule has 3 nitrogen and oxygen atoms in total. The van der Waals surface area contributed by atoms with Gasteiger partial charge in [-0.15, -0.1) is 0 Å². The van der Waals surface area contributed by atoms with Crippen molar-refractivity contribution in [1.82, 2.24) is 0 Å². The molecule has 1 atom stereocenters. The van der Waals surface area contributed by atoms with Crippen LogP contribution in [0.25, 0.3) is 0 Å². The molecule has 0 aromatic heterocycles. The van der Waals surface area contributed by atoms with Crippen LogP contribution in [0.3, 0.4) is 0 Å². The number of hydrogen-bond donors (Lipinski definition) is 0. The minimum absolute atomic E-state index is 0.0328. The summed E-state index contributed by atoms with van der Waals surface area (Å²) in [6.45, 7) is 6.02. The van der Waals surface area contributed by atoms with Crippen LogP contribution in [0.1, 0.15) is 52.9 Å². The monoisotopic (exact) mass is 276 g/mol. The van der Waals surface area contributed by atoms with E-state index in [1.54, 1.807) is 12.1 Å². The maximum atomic E-state index is 11.7. The van der Waals surface area contributed by atoms with Crippen molar-refractivity contribution in [2.45, 2.75) is 58.5 Å². The van der Waals surface area contributed by atoms with Crippen LogP contribution in [0.15, 0.2) is 24.3 Å². The molecule has 0 spiro atoms. The summed E-state index contributed by atoms with van der Waals surface area (Å²) in [6, 6.07) is 7.35. The van der Waals surface area contributed by atoms with Crippen molar-refractivity contribution < 1.29 is 14.3 Å². The Morgan fingerprint density at radius 2 is 1.75 bits per heavy atom. The average molecular weight is 276 g/mol. The molecule has 20 heavy (non-hydrogen) atoms. The van der Waals surface area contributed by atoms with Gasteiger partial charge in [-0.3, -0.25) is 4.79 Å². The lowest BCUT2D eigenvalue weighted by Gasteiger charge is -2.25. The fourth-order valence-electron chi connectivity index (χ4n) is 2.47. The lowest BCUT2D eigenvalue weighted by atomic mass is 10.1. The molecule has 1 saturated carbocycles. The van der Waals surface area contributed by atoms with Crippen LogP contribution in [0.5, 0.6) is 11.5 Å². The second-order valence-electron chi connectivity index (χ2n) is 5.96. The molecule has 1 aliphatic carbocycles. The van der Waals surface area contributed by atoms with Gasteiger partial charge in [0.1, 0.15) is 17.1 Å². The Kier molecular flexibility index (Phi) is 4.69. The summed E-state index contributed by atoms with van der Waals surface area (Å²) in [6.07, 6.45) is 5.48. The van der Waals surface area contributed by atoms with Gasteiger partial charge in [0.2, 0.25) is 0 Å². The largest absolute Gasteiger partial charge is 0.488 e. The Labute approximate surface area is 121 Å². The summed E-state index contributed by atoms with van der Waals surface area (Å²) >= 11 is 0. The van der Waals surface area contributed by atoms with Crippen LogP contribution >= 0.6 is 0 Å². The average Bonchev–Trinajstić information content (AvgIpc) is 2.86. The van der Waals surface area contributed by atoms with Gasteiger partial charge in [0.05, 0.1) is 5.92 Å². The molecular formula is C17H24O3. The number of carbonyl (C=O) groups excluding carboxylic acids is 1. The first-order valence-electron chi connectivity index (χ1n) is 7.53. The van der Waals surface area contributed by atoms with Crippen molar-refractivity contribution in [2.24, 2.45) is 5.92 Å². The van der Waals surface area contributed by atoms with E-state index in [0.29, 0.717) is 5.75 Å². The zero-order valence-corrected chi connectivity index (χ0v) is 12.6. The lowest BCUT2D eigenvalue weighted by Crippen LogP contribution is -2.27. The molecule has 0 aliphatic heterocycles. The van der Waals surface area contributed by atoms with E-state index in [9.17, 15) is 4.79 Å². The van der Waals surface area contributed by atoms with E-state index in [1.165, 1.54) is 12.8 Å².